The summed E-state index contributed by atoms with van der Waals surface area (Å²) in [6.45, 7) is 3.53. The molecule has 12 nitrogen and oxygen atoms in total. The first-order valence-electron chi connectivity index (χ1n) is 13.4. The summed E-state index contributed by atoms with van der Waals surface area (Å²) < 4.78 is 0. The Morgan fingerprint density at radius 3 is 1.95 bits per heavy atom. The van der Waals surface area contributed by atoms with Crippen molar-refractivity contribution in [3.63, 3.8) is 0 Å². The summed E-state index contributed by atoms with van der Waals surface area (Å²) in [5.41, 5.74) is 12.7. The summed E-state index contributed by atoms with van der Waals surface area (Å²) in [7, 11) is 0. The van der Waals surface area contributed by atoms with Gasteiger partial charge in [-0.2, -0.15) is 0 Å². The predicted molar refractivity (Wildman–Crippen MR) is 151 cm³/mol. The number of amides is 4. The first kappa shape index (κ1) is 32.8. The molecule has 2 rings (SSSR count). The highest BCUT2D eigenvalue weighted by molar-refractivity contribution is 5.94. The first-order valence-corrected chi connectivity index (χ1v) is 13.4. The second kappa shape index (κ2) is 16.0. The molecule has 0 aromatic heterocycles. The van der Waals surface area contributed by atoms with Gasteiger partial charge in [0.05, 0.1) is 6.04 Å². The van der Waals surface area contributed by atoms with E-state index in [4.69, 9.17) is 11.5 Å². The lowest BCUT2D eigenvalue weighted by atomic mass is 9.96. The van der Waals surface area contributed by atoms with Crippen molar-refractivity contribution in [1.29, 1.82) is 0 Å². The number of carboxylic acid groups (broad SMARTS) is 1. The van der Waals surface area contributed by atoms with Gasteiger partial charge in [0.1, 0.15) is 23.9 Å². The van der Waals surface area contributed by atoms with Crippen LogP contribution in [-0.2, 0) is 36.8 Å². The van der Waals surface area contributed by atoms with Gasteiger partial charge in [0.25, 0.3) is 0 Å². The molecule has 2 aromatic carbocycles. The van der Waals surface area contributed by atoms with E-state index in [9.17, 15) is 34.2 Å². The number of hydrogen-bond acceptors (Lipinski definition) is 7. The van der Waals surface area contributed by atoms with E-state index >= 15 is 0 Å². The summed E-state index contributed by atoms with van der Waals surface area (Å²) in [5.74, 6) is -4.36. The molecular weight excluding hydrogens is 530 g/mol. The molecule has 4 amide bonds. The van der Waals surface area contributed by atoms with Gasteiger partial charge in [-0.3, -0.25) is 19.2 Å². The van der Waals surface area contributed by atoms with Crippen molar-refractivity contribution < 1.29 is 34.2 Å². The number of phenolic OH excluding ortho intramolecular Hbond substituents is 1. The molecule has 0 radical (unpaired) electrons. The molecular formula is C29H39N5O7. The topological polar surface area (TPSA) is 214 Å². The van der Waals surface area contributed by atoms with Crippen LogP contribution < -0.4 is 27.4 Å². The van der Waals surface area contributed by atoms with E-state index in [1.165, 1.54) is 12.1 Å². The summed E-state index contributed by atoms with van der Waals surface area (Å²) >= 11 is 0. The largest absolute Gasteiger partial charge is 0.508 e. The Morgan fingerprint density at radius 2 is 1.39 bits per heavy atom. The summed E-state index contributed by atoms with van der Waals surface area (Å²) in [4.78, 5) is 62.7. The number of rotatable bonds is 16. The molecule has 2 aromatic rings. The highest BCUT2D eigenvalue weighted by atomic mass is 16.4. The lowest BCUT2D eigenvalue weighted by Crippen LogP contribution is -2.59. The lowest BCUT2D eigenvalue weighted by Gasteiger charge is -2.28. The number of nitrogens with one attached hydrogen (secondary N) is 3. The van der Waals surface area contributed by atoms with Crippen molar-refractivity contribution in [2.24, 2.45) is 17.4 Å². The number of benzene rings is 2. The van der Waals surface area contributed by atoms with Crippen molar-refractivity contribution in [1.82, 2.24) is 16.0 Å². The van der Waals surface area contributed by atoms with Crippen molar-refractivity contribution >= 4 is 29.6 Å². The van der Waals surface area contributed by atoms with Gasteiger partial charge in [0, 0.05) is 12.8 Å². The lowest BCUT2D eigenvalue weighted by molar-refractivity contribution is -0.142. The van der Waals surface area contributed by atoms with Crippen LogP contribution >= 0.6 is 0 Å². The number of carbonyl (C=O) groups is 5. The molecule has 0 heterocycles. The normalized spacial score (nSPS) is 14.5. The maximum atomic E-state index is 13.3. The highest BCUT2D eigenvalue weighted by Crippen LogP contribution is 2.13. The Kier molecular flexibility index (Phi) is 12.8. The maximum absolute atomic E-state index is 13.3. The molecule has 0 aliphatic rings. The van der Waals surface area contributed by atoms with Crippen LogP contribution in [0.15, 0.2) is 54.6 Å². The molecule has 12 heteroatoms. The zero-order chi connectivity index (χ0) is 30.5. The van der Waals surface area contributed by atoms with Gasteiger partial charge < -0.3 is 37.6 Å². The van der Waals surface area contributed by atoms with Gasteiger partial charge in [0.2, 0.25) is 23.6 Å². The van der Waals surface area contributed by atoms with Gasteiger partial charge in [-0.15, -0.1) is 0 Å². The molecule has 0 spiro atoms. The number of carbonyl (C=O) groups excluding carboxylic acids is 4. The minimum atomic E-state index is -1.24. The fraction of sp³-hybridized carbons (Fsp3) is 0.414. The van der Waals surface area contributed by atoms with Crippen LogP contribution in [0.3, 0.4) is 0 Å². The van der Waals surface area contributed by atoms with E-state index in [-0.39, 0.29) is 31.4 Å². The molecule has 5 unspecified atom stereocenters. The standard InChI is InChI=1S/C29H39N5O7/c1-3-17(2)25(28(39)33-23(29(40)41)16-18-7-5-4-6-8-18)34-27(38)22(13-14-24(31)36)32-26(37)21(30)15-19-9-11-20(35)12-10-19/h4-12,17,21-23,25,35H,3,13-16,30H2,1-2H3,(H2,31,36)(H,32,37)(H,33,39)(H,34,38)(H,40,41). The zero-order valence-corrected chi connectivity index (χ0v) is 23.2. The molecule has 0 aliphatic carbocycles. The second-order valence-corrected chi connectivity index (χ2v) is 10.0. The average molecular weight is 570 g/mol. The van der Waals surface area contributed by atoms with E-state index in [0.29, 0.717) is 17.5 Å². The van der Waals surface area contributed by atoms with Crippen LogP contribution in [0, 0.1) is 5.92 Å². The van der Waals surface area contributed by atoms with Crippen molar-refractivity contribution in [2.45, 2.75) is 70.1 Å². The van der Waals surface area contributed by atoms with Crippen molar-refractivity contribution in [3.05, 3.63) is 65.7 Å². The zero-order valence-electron chi connectivity index (χ0n) is 23.2. The second-order valence-electron chi connectivity index (χ2n) is 10.0. The molecule has 0 bridgehead atoms. The monoisotopic (exact) mass is 569 g/mol. The Bertz CT molecular complexity index is 1190. The Morgan fingerprint density at radius 1 is 0.805 bits per heavy atom. The van der Waals surface area contributed by atoms with Gasteiger partial charge in [-0.05, 0) is 42.0 Å². The van der Waals surface area contributed by atoms with Crippen LogP contribution in [0.2, 0.25) is 0 Å². The third-order valence-corrected chi connectivity index (χ3v) is 6.73. The summed E-state index contributed by atoms with van der Waals surface area (Å²) in [5, 5.41) is 26.8. The molecule has 0 fully saturated rings. The van der Waals surface area contributed by atoms with Crippen LogP contribution in [0.25, 0.3) is 0 Å². The quantitative estimate of drug-likeness (QED) is 0.149. The Balaban J connectivity index is 2.16. The van der Waals surface area contributed by atoms with E-state index < -0.39 is 59.7 Å². The number of carboxylic acids is 1. The number of primary amides is 1. The van der Waals surface area contributed by atoms with Crippen molar-refractivity contribution in [3.8, 4) is 5.75 Å². The smallest absolute Gasteiger partial charge is 0.326 e. The van der Waals surface area contributed by atoms with E-state index in [2.05, 4.69) is 16.0 Å². The van der Waals surface area contributed by atoms with E-state index in [1.54, 1.807) is 49.4 Å². The number of nitrogens with two attached hydrogens (primary N) is 2. The fourth-order valence-electron chi connectivity index (χ4n) is 4.08. The first-order chi connectivity index (χ1) is 19.4. The maximum Gasteiger partial charge on any atom is 0.326 e. The Labute approximate surface area is 238 Å². The summed E-state index contributed by atoms with van der Waals surface area (Å²) in [6, 6.07) is 10.3. The SMILES string of the molecule is CCC(C)C(NC(=O)C(CCC(N)=O)NC(=O)C(N)Cc1ccc(O)cc1)C(=O)NC(Cc1ccccc1)C(=O)O. The third-order valence-electron chi connectivity index (χ3n) is 6.73. The molecule has 0 saturated carbocycles. The predicted octanol–water partition coefficient (Wildman–Crippen LogP) is 0.355. The minimum absolute atomic E-state index is 0.0410. The Hall–Kier alpha value is -4.45. The molecule has 41 heavy (non-hydrogen) atoms. The van der Waals surface area contributed by atoms with Gasteiger partial charge in [-0.25, -0.2) is 4.79 Å². The highest BCUT2D eigenvalue weighted by Gasteiger charge is 2.33. The minimum Gasteiger partial charge on any atom is -0.508 e. The van der Waals surface area contributed by atoms with Crippen molar-refractivity contribution in [2.75, 3.05) is 0 Å². The van der Waals surface area contributed by atoms with E-state index in [0.717, 1.165) is 0 Å². The molecule has 5 atom stereocenters. The van der Waals surface area contributed by atoms with Gasteiger partial charge >= 0.3 is 5.97 Å². The third kappa shape index (κ3) is 10.9. The van der Waals surface area contributed by atoms with Crippen LogP contribution in [0.5, 0.6) is 5.75 Å². The number of aromatic hydroxyl groups is 1. The van der Waals surface area contributed by atoms with Gasteiger partial charge in [0.15, 0.2) is 0 Å². The van der Waals surface area contributed by atoms with Crippen LogP contribution in [-0.4, -0.2) is 64.0 Å². The van der Waals surface area contributed by atoms with Gasteiger partial charge in [-0.1, -0.05) is 62.7 Å². The van der Waals surface area contributed by atoms with Crippen LogP contribution in [0.4, 0.5) is 0 Å². The molecule has 0 aliphatic heterocycles. The number of hydrogen-bond donors (Lipinski definition) is 7. The molecule has 222 valence electrons. The van der Waals surface area contributed by atoms with Crippen LogP contribution in [0.1, 0.15) is 44.2 Å². The average Bonchev–Trinajstić information content (AvgIpc) is 2.94. The summed E-state index contributed by atoms with van der Waals surface area (Å²) in [6.07, 6.45) is 0.277. The molecule has 9 N–H and O–H groups in total. The number of phenols is 1. The molecule has 0 saturated heterocycles. The van der Waals surface area contributed by atoms with E-state index in [1.807, 2.05) is 6.92 Å². The number of aliphatic carboxylic acids is 1. The fourth-order valence-corrected chi connectivity index (χ4v) is 4.08.